The average molecular weight is 409 g/mol. The van der Waals surface area contributed by atoms with Crippen molar-refractivity contribution in [2.24, 2.45) is 0 Å². The number of nitrogens with one attached hydrogen (secondary N) is 1. The second kappa shape index (κ2) is 8.98. The van der Waals surface area contributed by atoms with Crippen molar-refractivity contribution in [2.45, 2.75) is 6.42 Å². The van der Waals surface area contributed by atoms with Crippen LogP contribution in [0.5, 0.6) is 11.5 Å². The number of rotatable bonds is 7. The molecule has 0 spiro atoms. The van der Waals surface area contributed by atoms with Crippen LogP contribution in [-0.4, -0.2) is 82.6 Å². The predicted octanol–water partition coefficient (Wildman–Crippen LogP) is -2.49. The largest absolute Gasteiger partial charge is 1.00 e. The van der Waals surface area contributed by atoms with Crippen molar-refractivity contribution in [1.29, 1.82) is 0 Å². The molecule has 150 valence electrons. The SMILES string of the molecule is COc1cc(NS(=O)(=O)CCC[N+]2(C)CCN(C)CC2)c(O)cc1N.[Cl-]. The average Bonchev–Trinajstić information content (AvgIpc) is 2.53. The minimum absolute atomic E-state index is 0. The van der Waals surface area contributed by atoms with Gasteiger partial charge in [0.2, 0.25) is 10.0 Å². The van der Waals surface area contributed by atoms with Gasteiger partial charge in [0.1, 0.15) is 11.5 Å². The van der Waals surface area contributed by atoms with Crippen LogP contribution in [0.4, 0.5) is 11.4 Å². The maximum atomic E-state index is 12.3. The first-order valence-corrected chi connectivity index (χ1v) is 9.98. The molecule has 0 amide bonds. The molecule has 0 unspecified atom stereocenters. The molecule has 26 heavy (non-hydrogen) atoms. The smallest absolute Gasteiger partial charge is 0.233 e. The van der Waals surface area contributed by atoms with Crippen molar-refractivity contribution in [1.82, 2.24) is 4.90 Å². The van der Waals surface area contributed by atoms with Gasteiger partial charge in [0, 0.05) is 31.6 Å². The molecule has 0 aromatic heterocycles. The van der Waals surface area contributed by atoms with Crippen LogP contribution in [0.25, 0.3) is 0 Å². The van der Waals surface area contributed by atoms with Gasteiger partial charge in [0.05, 0.1) is 50.9 Å². The summed E-state index contributed by atoms with van der Waals surface area (Å²) < 4.78 is 33.0. The van der Waals surface area contributed by atoms with Crippen LogP contribution in [0.3, 0.4) is 0 Å². The molecule has 10 heteroatoms. The summed E-state index contributed by atoms with van der Waals surface area (Å²) in [5.74, 6) is 0.0916. The first kappa shape index (κ1) is 22.6. The molecule has 1 aromatic carbocycles. The molecule has 4 N–H and O–H groups in total. The lowest BCUT2D eigenvalue weighted by Crippen LogP contribution is -3.00. The van der Waals surface area contributed by atoms with E-state index in [1.165, 1.54) is 19.2 Å². The number of hydrogen-bond donors (Lipinski definition) is 3. The van der Waals surface area contributed by atoms with Gasteiger partial charge >= 0.3 is 0 Å². The molecule has 1 fully saturated rings. The molecule has 8 nitrogen and oxygen atoms in total. The number of methoxy groups -OCH3 is 1. The molecular weight excluding hydrogens is 380 g/mol. The molecule has 1 saturated heterocycles. The Morgan fingerprint density at radius 2 is 1.96 bits per heavy atom. The molecule has 1 aliphatic rings. The number of phenols is 1. The minimum Gasteiger partial charge on any atom is -1.00 e. The van der Waals surface area contributed by atoms with Crippen molar-refractivity contribution in [3.05, 3.63) is 12.1 Å². The summed E-state index contributed by atoms with van der Waals surface area (Å²) in [5.41, 5.74) is 6.00. The highest BCUT2D eigenvalue weighted by Crippen LogP contribution is 2.34. The molecule has 0 saturated carbocycles. The second-order valence-corrected chi connectivity index (χ2v) is 8.82. The fourth-order valence-electron chi connectivity index (χ4n) is 2.97. The number of nitrogens with zero attached hydrogens (tertiary/aromatic N) is 2. The zero-order chi connectivity index (χ0) is 18.7. The fourth-order valence-corrected chi connectivity index (χ4v) is 4.08. The third-order valence-corrected chi connectivity index (χ3v) is 6.12. The summed E-state index contributed by atoms with van der Waals surface area (Å²) in [6.07, 6.45) is 0.558. The van der Waals surface area contributed by atoms with Gasteiger partial charge in [-0.05, 0) is 7.05 Å². The zero-order valence-corrected chi connectivity index (χ0v) is 17.1. The Kier molecular flexibility index (Phi) is 7.82. The molecule has 1 aromatic rings. The quantitative estimate of drug-likeness (QED) is 0.262. The Labute approximate surface area is 162 Å². The number of nitrogen functional groups attached to an aromatic ring is 1. The van der Waals surface area contributed by atoms with E-state index in [2.05, 4.69) is 23.7 Å². The van der Waals surface area contributed by atoms with Crippen LogP contribution in [0.2, 0.25) is 0 Å². The van der Waals surface area contributed by atoms with Gasteiger partial charge in [-0.3, -0.25) is 9.62 Å². The van der Waals surface area contributed by atoms with Crippen molar-refractivity contribution >= 4 is 21.4 Å². The fraction of sp³-hybridized carbons (Fsp3) is 0.625. The molecule has 2 rings (SSSR count). The number of piperazine rings is 1. The highest BCUT2D eigenvalue weighted by Gasteiger charge is 2.27. The number of benzene rings is 1. The number of halogens is 1. The number of anilines is 2. The summed E-state index contributed by atoms with van der Waals surface area (Å²) in [4.78, 5) is 2.29. The molecule has 1 aliphatic heterocycles. The Morgan fingerprint density at radius 3 is 2.54 bits per heavy atom. The number of aromatic hydroxyl groups is 1. The maximum absolute atomic E-state index is 12.3. The van der Waals surface area contributed by atoms with Crippen molar-refractivity contribution in [3.8, 4) is 11.5 Å². The standard InChI is InChI=1S/C16H28N4O4S.ClH/c1-19-5-8-20(2,9-6-19)7-4-10-25(22,23)18-14-12-16(24-3)13(17)11-15(14)21;/h11-12,18H,4-10,17H2,1-3H3;1H. The van der Waals surface area contributed by atoms with E-state index >= 15 is 0 Å². The Hall–Kier alpha value is -1.42. The summed E-state index contributed by atoms with van der Waals surface area (Å²) in [6.45, 7) is 4.92. The van der Waals surface area contributed by atoms with E-state index < -0.39 is 10.0 Å². The van der Waals surface area contributed by atoms with E-state index in [0.29, 0.717) is 12.2 Å². The topological polar surface area (TPSA) is 105 Å². The van der Waals surface area contributed by atoms with Crippen LogP contribution in [0.15, 0.2) is 12.1 Å². The Morgan fingerprint density at radius 1 is 1.35 bits per heavy atom. The van der Waals surface area contributed by atoms with Gasteiger partial charge < -0.3 is 32.5 Å². The zero-order valence-electron chi connectivity index (χ0n) is 15.5. The summed E-state index contributed by atoms with van der Waals surface area (Å²) in [6, 6.07) is 2.66. The van der Waals surface area contributed by atoms with E-state index in [1.807, 2.05) is 0 Å². The molecular formula is C16H29ClN4O4S. The van der Waals surface area contributed by atoms with Gasteiger partial charge in [-0.15, -0.1) is 0 Å². The summed E-state index contributed by atoms with van der Waals surface area (Å²) >= 11 is 0. The number of sulfonamides is 1. The first-order valence-electron chi connectivity index (χ1n) is 8.33. The van der Waals surface area contributed by atoms with Crippen LogP contribution in [0.1, 0.15) is 6.42 Å². The van der Waals surface area contributed by atoms with Crippen LogP contribution >= 0.6 is 0 Å². The Balaban J connectivity index is 0.00000338. The van der Waals surface area contributed by atoms with Crippen LogP contribution in [0, 0.1) is 0 Å². The number of likely N-dealkylation sites (N-methyl/N-ethyl adjacent to an activating group) is 2. The first-order chi connectivity index (χ1) is 11.6. The lowest BCUT2D eigenvalue weighted by atomic mass is 10.2. The predicted molar refractivity (Wildman–Crippen MR) is 99.4 cm³/mol. The Bertz CT molecular complexity index is 706. The van der Waals surface area contributed by atoms with E-state index in [0.717, 1.165) is 37.2 Å². The number of quaternary nitrogens is 1. The van der Waals surface area contributed by atoms with E-state index in [1.54, 1.807) is 0 Å². The van der Waals surface area contributed by atoms with Crippen LogP contribution in [-0.2, 0) is 10.0 Å². The highest BCUT2D eigenvalue weighted by molar-refractivity contribution is 7.92. The minimum atomic E-state index is -3.56. The van der Waals surface area contributed by atoms with Gasteiger partial charge in [0.15, 0.2) is 0 Å². The van der Waals surface area contributed by atoms with Gasteiger partial charge in [-0.2, -0.15) is 0 Å². The normalized spacial score (nSPS) is 17.3. The van der Waals surface area contributed by atoms with E-state index in [4.69, 9.17) is 10.5 Å². The number of phenolic OH excluding ortho intramolecular Hbond substituents is 1. The van der Waals surface area contributed by atoms with E-state index in [-0.39, 0.29) is 35.3 Å². The van der Waals surface area contributed by atoms with Crippen molar-refractivity contribution in [2.75, 3.05) is 70.1 Å². The lowest BCUT2D eigenvalue weighted by Gasteiger charge is -2.41. The molecule has 1 heterocycles. The van der Waals surface area contributed by atoms with Gasteiger partial charge in [-0.25, -0.2) is 8.42 Å². The summed E-state index contributed by atoms with van der Waals surface area (Å²) in [7, 11) is 2.14. The van der Waals surface area contributed by atoms with Crippen molar-refractivity contribution < 1.29 is 35.2 Å². The second-order valence-electron chi connectivity index (χ2n) is 6.98. The number of ether oxygens (including phenoxy) is 1. The molecule has 0 radical (unpaired) electrons. The third-order valence-electron chi connectivity index (χ3n) is 4.77. The molecule has 0 atom stereocenters. The number of nitrogens with two attached hydrogens (primary N) is 1. The van der Waals surface area contributed by atoms with Gasteiger partial charge in [-0.1, -0.05) is 0 Å². The highest BCUT2D eigenvalue weighted by atomic mass is 35.5. The van der Waals surface area contributed by atoms with Gasteiger partial charge in [0.25, 0.3) is 0 Å². The number of hydrogen-bond acceptors (Lipinski definition) is 6. The third kappa shape index (κ3) is 6.08. The lowest BCUT2D eigenvalue weighted by molar-refractivity contribution is -0.913. The van der Waals surface area contributed by atoms with Crippen LogP contribution < -0.4 is 27.6 Å². The molecule has 0 aliphatic carbocycles. The monoisotopic (exact) mass is 408 g/mol. The summed E-state index contributed by atoms with van der Waals surface area (Å²) in [5, 5.41) is 9.90. The molecule has 0 bridgehead atoms. The van der Waals surface area contributed by atoms with E-state index in [9.17, 15) is 13.5 Å². The maximum Gasteiger partial charge on any atom is 0.233 e. The van der Waals surface area contributed by atoms with Crippen molar-refractivity contribution in [3.63, 3.8) is 0 Å².